The molecule has 0 aromatic heterocycles. The van der Waals surface area contributed by atoms with E-state index in [0.29, 0.717) is 5.41 Å². The van der Waals surface area contributed by atoms with Crippen molar-refractivity contribution in [2.24, 2.45) is 5.41 Å². The van der Waals surface area contributed by atoms with Gasteiger partial charge in [-0.3, -0.25) is 0 Å². The van der Waals surface area contributed by atoms with Crippen molar-refractivity contribution in [1.29, 1.82) is 0 Å². The van der Waals surface area contributed by atoms with Crippen LogP contribution in [0.25, 0.3) is 0 Å². The number of unbranched alkanes of at least 4 members (excludes halogenated alkanes) is 2. The minimum atomic E-state index is 0.458. The predicted molar refractivity (Wildman–Crippen MR) is 74.0 cm³/mol. The molecule has 0 aliphatic carbocycles. The average Bonchev–Trinajstić information content (AvgIpc) is 2.23. The minimum absolute atomic E-state index is 0.458. The van der Waals surface area contributed by atoms with Crippen molar-refractivity contribution < 1.29 is 0 Å². The standard InChI is InChI=1S/C14H32N2/c1-5-7-8-9-14(3,4)13-16-12-11-15-10-6-2/h15-16H,5-13H2,1-4H3. The molecule has 0 radical (unpaired) electrons. The molecule has 0 aliphatic rings. The topological polar surface area (TPSA) is 24.1 Å². The summed E-state index contributed by atoms with van der Waals surface area (Å²) in [5, 5.41) is 6.96. The van der Waals surface area contributed by atoms with Crippen molar-refractivity contribution in [3.8, 4) is 0 Å². The Hall–Kier alpha value is -0.0800. The lowest BCUT2D eigenvalue weighted by molar-refractivity contribution is 0.303. The molecule has 0 aromatic rings. The van der Waals surface area contributed by atoms with Gasteiger partial charge in [0.2, 0.25) is 0 Å². The highest BCUT2D eigenvalue weighted by atomic mass is 14.9. The molecule has 2 N–H and O–H groups in total. The first kappa shape index (κ1) is 15.9. The Balaban J connectivity index is 3.35. The second-order valence-corrected chi connectivity index (χ2v) is 5.55. The van der Waals surface area contributed by atoms with Crippen LogP contribution in [0.1, 0.15) is 59.8 Å². The zero-order valence-electron chi connectivity index (χ0n) is 11.9. The molecule has 98 valence electrons. The van der Waals surface area contributed by atoms with Gasteiger partial charge in [-0.25, -0.2) is 0 Å². The molecule has 0 amide bonds. The molecule has 0 heterocycles. The van der Waals surface area contributed by atoms with E-state index in [1.54, 1.807) is 0 Å². The molecule has 0 atom stereocenters. The first-order valence-corrected chi connectivity index (χ1v) is 7.04. The van der Waals surface area contributed by atoms with Crippen LogP contribution < -0.4 is 10.6 Å². The van der Waals surface area contributed by atoms with E-state index in [4.69, 9.17) is 0 Å². The summed E-state index contributed by atoms with van der Waals surface area (Å²) in [6, 6.07) is 0. The SMILES string of the molecule is CCCCCC(C)(C)CNCCNCCC. The van der Waals surface area contributed by atoms with E-state index in [2.05, 4.69) is 38.3 Å². The van der Waals surface area contributed by atoms with E-state index in [1.807, 2.05) is 0 Å². The lowest BCUT2D eigenvalue weighted by atomic mass is 9.87. The van der Waals surface area contributed by atoms with Crippen molar-refractivity contribution in [1.82, 2.24) is 10.6 Å². The Kier molecular flexibility index (Phi) is 10.0. The molecule has 2 heteroatoms. The predicted octanol–water partition coefficient (Wildman–Crippen LogP) is 3.18. The van der Waals surface area contributed by atoms with Crippen molar-refractivity contribution in [2.75, 3.05) is 26.2 Å². The molecule has 2 nitrogen and oxygen atoms in total. The van der Waals surface area contributed by atoms with Crippen LogP contribution in [0.5, 0.6) is 0 Å². The van der Waals surface area contributed by atoms with Gasteiger partial charge in [0.15, 0.2) is 0 Å². The highest BCUT2D eigenvalue weighted by Gasteiger charge is 2.15. The van der Waals surface area contributed by atoms with Crippen molar-refractivity contribution in [2.45, 2.75) is 59.8 Å². The zero-order chi connectivity index (χ0) is 12.3. The van der Waals surface area contributed by atoms with Crippen molar-refractivity contribution in [3.63, 3.8) is 0 Å². The van der Waals surface area contributed by atoms with E-state index in [1.165, 1.54) is 32.1 Å². The highest BCUT2D eigenvalue weighted by molar-refractivity contribution is 4.71. The maximum Gasteiger partial charge on any atom is 0.00769 e. The summed E-state index contributed by atoms with van der Waals surface area (Å²) in [5.41, 5.74) is 0.458. The molecule has 0 bridgehead atoms. The second kappa shape index (κ2) is 10.1. The maximum absolute atomic E-state index is 3.55. The number of hydrogen-bond donors (Lipinski definition) is 2. The summed E-state index contributed by atoms with van der Waals surface area (Å²) in [5.74, 6) is 0. The summed E-state index contributed by atoms with van der Waals surface area (Å²) in [4.78, 5) is 0. The third kappa shape index (κ3) is 10.4. The van der Waals surface area contributed by atoms with E-state index >= 15 is 0 Å². The Morgan fingerprint density at radius 2 is 1.50 bits per heavy atom. The molecular weight excluding hydrogens is 196 g/mol. The van der Waals surface area contributed by atoms with Crippen LogP contribution in [0.2, 0.25) is 0 Å². The van der Waals surface area contributed by atoms with Crippen LogP contribution in [0, 0.1) is 5.41 Å². The largest absolute Gasteiger partial charge is 0.315 e. The third-order valence-corrected chi connectivity index (χ3v) is 2.97. The monoisotopic (exact) mass is 228 g/mol. The minimum Gasteiger partial charge on any atom is -0.315 e. The fourth-order valence-electron chi connectivity index (χ4n) is 1.85. The molecule has 0 unspecified atom stereocenters. The first-order chi connectivity index (χ1) is 7.62. The molecule has 16 heavy (non-hydrogen) atoms. The third-order valence-electron chi connectivity index (χ3n) is 2.97. The van der Waals surface area contributed by atoms with Crippen molar-refractivity contribution >= 4 is 0 Å². The smallest absolute Gasteiger partial charge is 0.00769 e. The molecular formula is C14H32N2. The highest BCUT2D eigenvalue weighted by Crippen LogP contribution is 2.22. The second-order valence-electron chi connectivity index (χ2n) is 5.55. The van der Waals surface area contributed by atoms with Crippen LogP contribution >= 0.6 is 0 Å². The van der Waals surface area contributed by atoms with Gasteiger partial charge in [0, 0.05) is 19.6 Å². The number of hydrogen-bond acceptors (Lipinski definition) is 2. The van der Waals surface area contributed by atoms with Gasteiger partial charge >= 0.3 is 0 Å². The summed E-state index contributed by atoms with van der Waals surface area (Å²) in [7, 11) is 0. The molecule has 0 spiro atoms. The molecule has 0 saturated carbocycles. The van der Waals surface area contributed by atoms with Gasteiger partial charge < -0.3 is 10.6 Å². The summed E-state index contributed by atoms with van der Waals surface area (Å²) in [6.45, 7) is 13.7. The number of rotatable bonds is 11. The lowest BCUT2D eigenvalue weighted by Gasteiger charge is -2.25. The van der Waals surface area contributed by atoms with E-state index in [0.717, 1.165) is 26.2 Å². The fourth-order valence-corrected chi connectivity index (χ4v) is 1.85. The average molecular weight is 228 g/mol. The molecule has 0 aliphatic heterocycles. The van der Waals surface area contributed by atoms with Gasteiger partial charge in [-0.15, -0.1) is 0 Å². The van der Waals surface area contributed by atoms with Gasteiger partial charge in [0.1, 0.15) is 0 Å². The van der Waals surface area contributed by atoms with E-state index < -0.39 is 0 Å². The van der Waals surface area contributed by atoms with Crippen LogP contribution in [-0.4, -0.2) is 26.2 Å². The number of nitrogens with one attached hydrogen (secondary N) is 2. The first-order valence-electron chi connectivity index (χ1n) is 7.04. The summed E-state index contributed by atoms with van der Waals surface area (Å²) >= 11 is 0. The van der Waals surface area contributed by atoms with Gasteiger partial charge in [-0.1, -0.05) is 47.0 Å². The van der Waals surface area contributed by atoms with Crippen LogP contribution in [0.15, 0.2) is 0 Å². The molecule has 0 aromatic carbocycles. The van der Waals surface area contributed by atoms with Gasteiger partial charge in [-0.05, 0) is 24.8 Å². The normalized spacial score (nSPS) is 12.0. The fraction of sp³-hybridized carbons (Fsp3) is 1.00. The Labute approximate surface area is 103 Å². The van der Waals surface area contributed by atoms with Gasteiger partial charge in [0.05, 0.1) is 0 Å². The Morgan fingerprint density at radius 3 is 2.12 bits per heavy atom. The molecule has 0 rings (SSSR count). The van der Waals surface area contributed by atoms with Crippen LogP contribution in [0.4, 0.5) is 0 Å². The summed E-state index contributed by atoms with van der Waals surface area (Å²) < 4.78 is 0. The Bertz CT molecular complexity index is 144. The van der Waals surface area contributed by atoms with E-state index in [9.17, 15) is 0 Å². The molecule has 0 saturated heterocycles. The quantitative estimate of drug-likeness (QED) is 0.531. The van der Waals surface area contributed by atoms with Crippen LogP contribution in [-0.2, 0) is 0 Å². The molecule has 0 fully saturated rings. The van der Waals surface area contributed by atoms with Gasteiger partial charge in [-0.2, -0.15) is 0 Å². The van der Waals surface area contributed by atoms with E-state index in [-0.39, 0.29) is 0 Å². The summed E-state index contributed by atoms with van der Waals surface area (Å²) in [6.07, 6.45) is 6.64. The van der Waals surface area contributed by atoms with Gasteiger partial charge in [0.25, 0.3) is 0 Å². The van der Waals surface area contributed by atoms with Crippen molar-refractivity contribution in [3.05, 3.63) is 0 Å². The zero-order valence-corrected chi connectivity index (χ0v) is 11.9. The lowest BCUT2D eigenvalue weighted by Crippen LogP contribution is -2.34. The maximum atomic E-state index is 3.55. The Morgan fingerprint density at radius 1 is 0.812 bits per heavy atom. The van der Waals surface area contributed by atoms with Crippen LogP contribution in [0.3, 0.4) is 0 Å².